The lowest BCUT2D eigenvalue weighted by atomic mass is 10.2. The third-order valence-corrected chi connectivity index (χ3v) is 6.21. The van der Waals surface area contributed by atoms with Gasteiger partial charge < -0.3 is 10.2 Å². The molecule has 2 amide bonds. The van der Waals surface area contributed by atoms with Crippen LogP contribution in [0.4, 0.5) is 0 Å². The number of hydrogen-bond donors (Lipinski definition) is 1. The van der Waals surface area contributed by atoms with Gasteiger partial charge in [-0.15, -0.1) is 22.7 Å². The molecule has 1 fully saturated rings. The Morgan fingerprint density at radius 1 is 1.29 bits per heavy atom. The van der Waals surface area contributed by atoms with Crippen molar-refractivity contribution in [2.75, 3.05) is 39.8 Å². The molecule has 128 valence electrons. The second-order valence-electron chi connectivity index (χ2n) is 5.65. The molecule has 0 bridgehead atoms. The zero-order valence-electron chi connectivity index (χ0n) is 13.7. The van der Waals surface area contributed by atoms with Crippen LogP contribution in [0.15, 0.2) is 17.5 Å². The maximum absolute atomic E-state index is 12.8. The normalized spacial score (nSPS) is 15.5. The molecule has 0 aliphatic carbocycles. The van der Waals surface area contributed by atoms with E-state index in [2.05, 4.69) is 15.2 Å². The Labute approximate surface area is 149 Å². The predicted octanol–water partition coefficient (Wildman–Crippen LogP) is 1.68. The summed E-state index contributed by atoms with van der Waals surface area (Å²) in [5, 5.41) is 5.55. The third kappa shape index (κ3) is 3.66. The molecule has 24 heavy (non-hydrogen) atoms. The highest BCUT2D eigenvalue weighted by Crippen LogP contribution is 2.31. The number of amides is 2. The average molecular weight is 364 g/mol. The van der Waals surface area contributed by atoms with E-state index in [0.717, 1.165) is 33.5 Å². The first-order valence-electron chi connectivity index (χ1n) is 7.82. The summed E-state index contributed by atoms with van der Waals surface area (Å²) in [5.41, 5.74) is 0.793. The van der Waals surface area contributed by atoms with Crippen molar-refractivity contribution >= 4 is 34.5 Å². The third-order valence-electron chi connectivity index (χ3n) is 4.03. The van der Waals surface area contributed by atoms with E-state index in [1.165, 1.54) is 11.3 Å². The molecule has 1 saturated heterocycles. The van der Waals surface area contributed by atoms with Gasteiger partial charge in [0.25, 0.3) is 5.91 Å². The van der Waals surface area contributed by atoms with Crippen molar-refractivity contribution in [3.05, 3.63) is 28.1 Å². The lowest BCUT2D eigenvalue weighted by molar-refractivity contribution is -0.122. The molecule has 1 N–H and O–H groups in total. The molecule has 2 aromatic heterocycles. The SMILES string of the molecule is CNC(=O)CN1CCN(C(=O)c2sc(-c3cccs3)nc2C)CC1. The molecule has 1 aliphatic rings. The van der Waals surface area contributed by atoms with Crippen molar-refractivity contribution in [1.82, 2.24) is 20.1 Å². The van der Waals surface area contributed by atoms with Gasteiger partial charge in [-0.1, -0.05) is 6.07 Å². The Hall–Kier alpha value is -1.77. The van der Waals surface area contributed by atoms with Gasteiger partial charge in [0.1, 0.15) is 9.88 Å². The van der Waals surface area contributed by atoms with Crippen LogP contribution in [0.5, 0.6) is 0 Å². The van der Waals surface area contributed by atoms with Gasteiger partial charge in [-0.25, -0.2) is 4.98 Å². The molecule has 3 rings (SSSR count). The number of aryl methyl sites for hydroxylation is 1. The number of aromatic nitrogens is 1. The van der Waals surface area contributed by atoms with Crippen LogP contribution in [0.1, 0.15) is 15.4 Å². The van der Waals surface area contributed by atoms with E-state index in [4.69, 9.17) is 0 Å². The molecule has 3 heterocycles. The zero-order chi connectivity index (χ0) is 17.1. The molecular weight excluding hydrogens is 344 g/mol. The molecular formula is C16H20N4O2S2. The number of thiazole rings is 1. The lowest BCUT2D eigenvalue weighted by Gasteiger charge is -2.34. The standard InChI is InChI=1S/C16H20N4O2S2/c1-11-14(24-15(18-11)12-4-3-9-23-12)16(22)20-7-5-19(6-8-20)10-13(21)17-2/h3-4,9H,5-8,10H2,1-2H3,(H,17,21). The Bertz CT molecular complexity index is 719. The first kappa shape index (κ1) is 17.1. The van der Waals surface area contributed by atoms with E-state index < -0.39 is 0 Å². The van der Waals surface area contributed by atoms with Gasteiger partial charge in [0.15, 0.2) is 0 Å². The number of carbonyl (C=O) groups excluding carboxylic acids is 2. The number of nitrogens with one attached hydrogen (secondary N) is 1. The number of rotatable bonds is 4. The summed E-state index contributed by atoms with van der Waals surface area (Å²) in [6.07, 6.45) is 0. The number of nitrogens with zero attached hydrogens (tertiary/aromatic N) is 3. The topological polar surface area (TPSA) is 65.5 Å². The first-order valence-corrected chi connectivity index (χ1v) is 9.51. The van der Waals surface area contributed by atoms with Crippen LogP contribution in [0.25, 0.3) is 9.88 Å². The van der Waals surface area contributed by atoms with E-state index in [0.29, 0.717) is 19.6 Å². The number of thiophene rings is 1. The number of hydrogen-bond acceptors (Lipinski definition) is 6. The van der Waals surface area contributed by atoms with Crippen LogP contribution in [-0.2, 0) is 4.79 Å². The van der Waals surface area contributed by atoms with Crippen LogP contribution in [0.3, 0.4) is 0 Å². The van der Waals surface area contributed by atoms with E-state index in [1.54, 1.807) is 18.4 Å². The van der Waals surface area contributed by atoms with E-state index in [9.17, 15) is 9.59 Å². The molecule has 0 aromatic carbocycles. The van der Waals surface area contributed by atoms with E-state index >= 15 is 0 Å². The predicted molar refractivity (Wildman–Crippen MR) is 96.6 cm³/mol. The largest absolute Gasteiger partial charge is 0.358 e. The lowest BCUT2D eigenvalue weighted by Crippen LogP contribution is -2.50. The second-order valence-corrected chi connectivity index (χ2v) is 7.60. The quantitative estimate of drug-likeness (QED) is 0.897. The monoisotopic (exact) mass is 364 g/mol. The fourth-order valence-corrected chi connectivity index (χ4v) is 4.47. The Morgan fingerprint density at radius 3 is 2.67 bits per heavy atom. The minimum atomic E-state index is 0.00803. The highest BCUT2D eigenvalue weighted by molar-refractivity contribution is 7.22. The van der Waals surface area contributed by atoms with E-state index in [-0.39, 0.29) is 11.8 Å². The van der Waals surface area contributed by atoms with Crippen molar-refractivity contribution in [3.63, 3.8) is 0 Å². The molecule has 0 spiro atoms. The van der Waals surface area contributed by atoms with Gasteiger partial charge in [0.05, 0.1) is 17.1 Å². The second kappa shape index (κ2) is 7.42. The molecule has 2 aromatic rings. The zero-order valence-corrected chi connectivity index (χ0v) is 15.4. The molecule has 8 heteroatoms. The van der Waals surface area contributed by atoms with Crippen LogP contribution in [0.2, 0.25) is 0 Å². The van der Waals surface area contributed by atoms with Crippen molar-refractivity contribution in [2.45, 2.75) is 6.92 Å². The first-order chi connectivity index (χ1) is 11.6. The van der Waals surface area contributed by atoms with Crippen molar-refractivity contribution in [2.24, 2.45) is 0 Å². The highest BCUT2D eigenvalue weighted by Gasteiger charge is 2.26. The van der Waals surface area contributed by atoms with Gasteiger partial charge >= 0.3 is 0 Å². The average Bonchev–Trinajstić information content (AvgIpc) is 3.24. The Balaban J connectivity index is 1.65. The minimum Gasteiger partial charge on any atom is -0.358 e. The molecule has 1 aliphatic heterocycles. The van der Waals surface area contributed by atoms with Crippen molar-refractivity contribution < 1.29 is 9.59 Å². The Morgan fingerprint density at radius 2 is 2.04 bits per heavy atom. The summed E-state index contributed by atoms with van der Waals surface area (Å²) in [6.45, 7) is 5.00. The van der Waals surface area contributed by atoms with Gasteiger partial charge in [0.2, 0.25) is 5.91 Å². The fourth-order valence-electron chi connectivity index (χ4n) is 2.64. The van der Waals surface area contributed by atoms with Crippen LogP contribution < -0.4 is 5.32 Å². The van der Waals surface area contributed by atoms with Crippen LogP contribution in [-0.4, -0.2) is 66.4 Å². The minimum absolute atomic E-state index is 0.00803. The number of piperazine rings is 1. The summed E-state index contributed by atoms with van der Waals surface area (Å²) in [6, 6.07) is 4.01. The van der Waals surface area contributed by atoms with Gasteiger partial charge in [-0.05, 0) is 18.4 Å². The summed E-state index contributed by atoms with van der Waals surface area (Å²) in [7, 11) is 1.64. The fraction of sp³-hybridized carbons (Fsp3) is 0.438. The van der Waals surface area contributed by atoms with Crippen LogP contribution >= 0.6 is 22.7 Å². The van der Waals surface area contributed by atoms with Gasteiger partial charge in [0, 0.05) is 33.2 Å². The van der Waals surface area contributed by atoms with Gasteiger partial charge in [-0.2, -0.15) is 0 Å². The summed E-state index contributed by atoms with van der Waals surface area (Å²) >= 11 is 3.10. The van der Waals surface area contributed by atoms with Crippen LogP contribution in [0, 0.1) is 6.92 Å². The highest BCUT2D eigenvalue weighted by atomic mass is 32.1. The summed E-state index contributed by atoms with van der Waals surface area (Å²) in [4.78, 5) is 34.5. The maximum Gasteiger partial charge on any atom is 0.265 e. The number of carbonyl (C=O) groups is 2. The molecule has 0 unspecified atom stereocenters. The van der Waals surface area contributed by atoms with Crippen molar-refractivity contribution in [3.8, 4) is 9.88 Å². The maximum atomic E-state index is 12.8. The van der Waals surface area contributed by atoms with E-state index in [1.807, 2.05) is 29.3 Å². The molecule has 6 nitrogen and oxygen atoms in total. The summed E-state index contributed by atoms with van der Waals surface area (Å²) in [5.74, 6) is 0.0565. The van der Waals surface area contributed by atoms with Crippen molar-refractivity contribution in [1.29, 1.82) is 0 Å². The summed E-state index contributed by atoms with van der Waals surface area (Å²) < 4.78 is 0. The molecule has 0 radical (unpaired) electrons. The Kier molecular flexibility index (Phi) is 5.27. The van der Waals surface area contributed by atoms with Gasteiger partial charge in [-0.3, -0.25) is 14.5 Å². The molecule has 0 atom stereocenters. The number of likely N-dealkylation sites (N-methyl/N-ethyl adjacent to an activating group) is 1. The smallest absolute Gasteiger partial charge is 0.265 e. The molecule has 0 saturated carbocycles.